The molecule has 0 bridgehead atoms. The largest absolute Gasteiger partial charge is 0.382 e. The average molecular weight is 530 g/mol. The molecule has 12 heteroatoms. The Bertz CT molecular complexity index is 1650. The summed E-state index contributed by atoms with van der Waals surface area (Å²) in [5.74, 6) is 0.195. The van der Waals surface area contributed by atoms with Gasteiger partial charge in [-0.2, -0.15) is 15.2 Å². The highest BCUT2D eigenvalue weighted by Crippen LogP contribution is 2.41. The second-order valence-electron chi connectivity index (χ2n) is 9.07. The average Bonchev–Trinajstić information content (AvgIpc) is 3.31. The normalized spacial score (nSPS) is 17.0. The van der Waals surface area contributed by atoms with Gasteiger partial charge in [-0.05, 0) is 36.6 Å². The molecule has 0 unspecified atom stereocenters. The number of Topliss-reactive ketones (excluding diaryl/α,β-unsaturated/α-hetero) is 1. The van der Waals surface area contributed by atoms with Crippen molar-refractivity contribution in [2.45, 2.75) is 18.9 Å². The van der Waals surface area contributed by atoms with Gasteiger partial charge in [-0.3, -0.25) is 14.2 Å². The fourth-order valence-electron chi connectivity index (χ4n) is 5.01. The van der Waals surface area contributed by atoms with E-state index in [9.17, 15) is 14.9 Å². The number of nitrogens with zero attached hydrogens (tertiary/aromatic N) is 6. The minimum atomic E-state index is -0.567. The number of benzene rings is 2. The molecule has 2 aromatic heterocycles. The van der Waals surface area contributed by atoms with Crippen molar-refractivity contribution in [3.63, 3.8) is 0 Å². The second kappa shape index (κ2) is 10.1. The summed E-state index contributed by atoms with van der Waals surface area (Å²) in [6.07, 6.45) is 0.655. The third kappa shape index (κ3) is 4.40. The summed E-state index contributed by atoms with van der Waals surface area (Å²) in [5, 5.41) is 10.4. The van der Waals surface area contributed by atoms with Crippen molar-refractivity contribution >= 4 is 45.9 Å². The number of fused-ring (bicyclic) bond motifs is 1. The van der Waals surface area contributed by atoms with E-state index in [1.807, 2.05) is 23.1 Å². The van der Waals surface area contributed by atoms with Gasteiger partial charge in [-0.25, -0.2) is 4.98 Å². The lowest BCUT2D eigenvalue weighted by atomic mass is 9.98. The Kier molecular flexibility index (Phi) is 6.67. The summed E-state index contributed by atoms with van der Waals surface area (Å²) < 4.78 is 1.51. The Morgan fingerprint density at radius 3 is 2.58 bits per heavy atom. The van der Waals surface area contributed by atoms with Crippen LogP contribution in [0.1, 0.15) is 30.3 Å². The van der Waals surface area contributed by atoms with Crippen molar-refractivity contribution < 1.29 is 4.79 Å². The first-order valence-corrected chi connectivity index (χ1v) is 12.3. The Morgan fingerprint density at radius 2 is 1.87 bits per heavy atom. The Hall–Kier alpha value is -4.53. The number of para-hydroxylation sites is 1. The van der Waals surface area contributed by atoms with Gasteiger partial charge in [0, 0.05) is 13.0 Å². The number of rotatable bonds is 6. The lowest BCUT2D eigenvalue weighted by Gasteiger charge is -2.28. The topological polar surface area (TPSA) is 183 Å². The molecule has 0 spiro atoms. The van der Waals surface area contributed by atoms with Crippen molar-refractivity contribution in [2.24, 2.45) is 11.7 Å². The highest BCUT2D eigenvalue weighted by Gasteiger charge is 2.39. The summed E-state index contributed by atoms with van der Waals surface area (Å²) in [6.45, 7) is 0.249. The quantitative estimate of drug-likeness (QED) is 0.335. The van der Waals surface area contributed by atoms with Crippen LogP contribution in [-0.4, -0.2) is 38.4 Å². The van der Waals surface area contributed by atoms with Crippen LogP contribution in [0, 0.1) is 17.2 Å². The molecule has 1 aliphatic rings. The predicted octanol–water partition coefficient (Wildman–Crippen LogP) is 2.35. The smallest absolute Gasteiger partial charge is 0.267 e. The molecule has 192 valence electrons. The molecule has 0 saturated carbocycles. The van der Waals surface area contributed by atoms with Crippen LogP contribution in [0.15, 0.2) is 53.3 Å². The first-order valence-electron chi connectivity index (χ1n) is 11.9. The standard InChI is InChI=1S/C26H24ClN9O2/c27-18-7-4-8-19-21(18)25(38)36(15-5-2-1-3-6-15)24(32-19)20-10-14(9-16(37)11-28)13-35(20)23-17(12-29)22(30)33-26(31)34-23/h1-8,14,20H,9-11,13,28H2,(H4,30,31,33,34)/t14-,20+/m1/s1. The molecule has 1 saturated heterocycles. The monoisotopic (exact) mass is 529 g/mol. The number of carbonyl (C=O) groups excluding carboxylic acids is 1. The van der Waals surface area contributed by atoms with Crippen LogP contribution in [-0.2, 0) is 4.79 Å². The van der Waals surface area contributed by atoms with Crippen molar-refractivity contribution in [1.82, 2.24) is 19.5 Å². The van der Waals surface area contributed by atoms with Gasteiger partial charge in [-0.1, -0.05) is 35.9 Å². The van der Waals surface area contributed by atoms with Crippen LogP contribution >= 0.6 is 11.6 Å². The molecular formula is C26H24ClN9O2. The summed E-state index contributed by atoms with van der Waals surface area (Å²) in [4.78, 5) is 41.2. The molecule has 11 nitrogen and oxygen atoms in total. The van der Waals surface area contributed by atoms with Gasteiger partial charge in [0.1, 0.15) is 29.1 Å². The zero-order chi connectivity index (χ0) is 27.0. The molecule has 2 atom stereocenters. The van der Waals surface area contributed by atoms with Crippen LogP contribution < -0.4 is 27.7 Å². The molecule has 38 heavy (non-hydrogen) atoms. The van der Waals surface area contributed by atoms with Crippen molar-refractivity contribution in [2.75, 3.05) is 29.5 Å². The van der Waals surface area contributed by atoms with Crippen LogP contribution in [0.2, 0.25) is 5.02 Å². The molecule has 1 aliphatic heterocycles. The molecule has 0 radical (unpaired) electrons. The predicted molar refractivity (Wildman–Crippen MR) is 145 cm³/mol. The van der Waals surface area contributed by atoms with E-state index in [2.05, 4.69) is 16.0 Å². The second-order valence-corrected chi connectivity index (χ2v) is 9.48. The lowest BCUT2D eigenvalue weighted by Crippen LogP contribution is -2.33. The summed E-state index contributed by atoms with van der Waals surface area (Å²) in [6, 6.07) is 15.7. The Morgan fingerprint density at radius 1 is 1.11 bits per heavy atom. The summed E-state index contributed by atoms with van der Waals surface area (Å²) in [5.41, 5.74) is 18.2. The minimum absolute atomic E-state index is 0.0486. The zero-order valence-electron chi connectivity index (χ0n) is 20.2. The number of nitrogens with two attached hydrogens (primary N) is 3. The van der Waals surface area contributed by atoms with Crippen molar-refractivity contribution in [1.29, 1.82) is 5.26 Å². The van der Waals surface area contributed by atoms with Gasteiger partial charge < -0.3 is 22.1 Å². The number of nitrogen functional groups attached to an aromatic ring is 2. The van der Waals surface area contributed by atoms with E-state index in [1.165, 1.54) is 4.57 Å². The third-order valence-electron chi connectivity index (χ3n) is 6.64. The van der Waals surface area contributed by atoms with Gasteiger partial charge in [0.05, 0.1) is 34.2 Å². The highest BCUT2D eigenvalue weighted by molar-refractivity contribution is 6.35. The maximum absolute atomic E-state index is 13.9. The fourth-order valence-corrected chi connectivity index (χ4v) is 5.26. The molecular weight excluding hydrogens is 506 g/mol. The van der Waals surface area contributed by atoms with E-state index in [1.54, 1.807) is 30.3 Å². The van der Waals surface area contributed by atoms with E-state index >= 15 is 0 Å². The number of ketones is 1. The van der Waals surface area contributed by atoms with Gasteiger partial charge in [0.2, 0.25) is 5.95 Å². The van der Waals surface area contributed by atoms with Crippen LogP contribution in [0.5, 0.6) is 0 Å². The van der Waals surface area contributed by atoms with Gasteiger partial charge in [-0.15, -0.1) is 0 Å². The molecule has 3 heterocycles. The van der Waals surface area contributed by atoms with E-state index in [0.29, 0.717) is 30.0 Å². The summed E-state index contributed by atoms with van der Waals surface area (Å²) in [7, 11) is 0. The molecule has 5 rings (SSSR count). The number of hydrogen-bond acceptors (Lipinski definition) is 10. The third-order valence-corrected chi connectivity index (χ3v) is 6.95. The number of halogens is 1. The van der Waals surface area contributed by atoms with Crippen molar-refractivity contribution in [3.8, 4) is 11.8 Å². The Labute approximate surface area is 222 Å². The molecule has 4 aromatic rings. The SMILES string of the molecule is N#Cc1c(N)nc(N)nc1N1C[C@H](CC(=O)CN)C[C@H]1c1nc2cccc(Cl)c2c(=O)n1-c1ccccc1. The van der Waals surface area contributed by atoms with Crippen LogP contribution in [0.3, 0.4) is 0 Å². The van der Waals surface area contributed by atoms with E-state index in [-0.39, 0.29) is 63.8 Å². The highest BCUT2D eigenvalue weighted by atomic mass is 35.5. The zero-order valence-corrected chi connectivity index (χ0v) is 21.0. The number of anilines is 3. The summed E-state index contributed by atoms with van der Waals surface area (Å²) >= 11 is 6.44. The van der Waals surface area contributed by atoms with E-state index < -0.39 is 6.04 Å². The maximum atomic E-state index is 13.9. The Balaban J connectivity index is 1.78. The number of carbonyl (C=O) groups is 1. The molecule has 0 amide bonds. The first-order chi connectivity index (χ1) is 18.3. The molecule has 6 N–H and O–H groups in total. The first kappa shape index (κ1) is 25.1. The van der Waals surface area contributed by atoms with Gasteiger partial charge in [0.25, 0.3) is 5.56 Å². The van der Waals surface area contributed by atoms with Crippen LogP contribution in [0.4, 0.5) is 17.6 Å². The molecule has 0 aliphatic carbocycles. The number of aromatic nitrogens is 4. The maximum Gasteiger partial charge on any atom is 0.267 e. The van der Waals surface area contributed by atoms with Crippen LogP contribution in [0.25, 0.3) is 16.6 Å². The van der Waals surface area contributed by atoms with Gasteiger partial charge >= 0.3 is 0 Å². The lowest BCUT2D eigenvalue weighted by molar-refractivity contribution is -0.118. The number of nitriles is 1. The van der Waals surface area contributed by atoms with Gasteiger partial charge in [0.15, 0.2) is 5.82 Å². The fraction of sp³-hybridized carbons (Fsp3) is 0.231. The molecule has 2 aromatic carbocycles. The number of hydrogen-bond donors (Lipinski definition) is 3. The van der Waals surface area contributed by atoms with E-state index in [4.69, 9.17) is 33.8 Å². The van der Waals surface area contributed by atoms with E-state index in [0.717, 1.165) is 0 Å². The molecule has 1 fully saturated rings. The van der Waals surface area contributed by atoms with Crippen molar-refractivity contribution in [3.05, 3.63) is 75.3 Å². The minimum Gasteiger partial charge on any atom is -0.382 e.